The molecular weight excluding hydrogens is 349 g/mol. The number of hydrogen-bond acceptors (Lipinski definition) is 3. The fourth-order valence-corrected chi connectivity index (χ4v) is 3.62. The molecule has 1 N–H and O–H groups in total. The number of carbonyl (C=O) groups is 2. The van der Waals surface area contributed by atoms with Crippen LogP contribution in [0.2, 0.25) is 0 Å². The maximum Gasteiger partial charge on any atom is 0.317 e. The zero-order valence-electron chi connectivity index (χ0n) is 16.0. The fourth-order valence-electron chi connectivity index (χ4n) is 3.62. The molecule has 1 unspecified atom stereocenters. The minimum atomic E-state index is -0.515. The molecule has 0 aliphatic carbocycles. The average molecular weight is 377 g/mol. The number of benzene rings is 1. The molecule has 2 saturated heterocycles. The highest BCUT2D eigenvalue weighted by molar-refractivity contribution is 5.81. The van der Waals surface area contributed by atoms with E-state index in [9.17, 15) is 14.0 Å². The Bertz CT molecular complexity index is 681. The van der Waals surface area contributed by atoms with E-state index in [1.165, 1.54) is 6.07 Å². The monoisotopic (exact) mass is 377 g/mol. The Labute approximate surface area is 159 Å². The van der Waals surface area contributed by atoms with E-state index in [1.54, 1.807) is 28.0 Å². The van der Waals surface area contributed by atoms with Crippen LogP contribution in [0.3, 0.4) is 0 Å². The van der Waals surface area contributed by atoms with Gasteiger partial charge in [0.2, 0.25) is 0 Å². The van der Waals surface area contributed by atoms with Gasteiger partial charge in [0.15, 0.2) is 0 Å². The third-order valence-electron chi connectivity index (χ3n) is 5.37. The van der Waals surface area contributed by atoms with E-state index in [0.29, 0.717) is 44.9 Å². The lowest BCUT2D eigenvalue weighted by atomic mass is 9.84. The Kier molecular flexibility index (Phi) is 5.99. The zero-order chi connectivity index (χ0) is 19.4. The van der Waals surface area contributed by atoms with E-state index in [2.05, 4.69) is 5.32 Å². The smallest absolute Gasteiger partial charge is 0.317 e. The van der Waals surface area contributed by atoms with Crippen molar-refractivity contribution < 1.29 is 18.7 Å². The van der Waals surface area contributed by atoms with Crippen LogP contribution in [0.25, 0.3) is 0 Å². The summed E-state index contributed by atoms with van der Waals surface area (Å²) in [5.74, 6) is -0.230. The molecule has 2 aliphatic heterocycles. The lowest BCUT2D eigenvalue weighted by Crippen LogP contribution is -2.55. The third kappa shape index (κ3) is 4.58. The van der Waals surface area contributed by atoms with E-state index in [-0.39, 0.29) is 23.9 Å². The van der Waals surface area contributed by atoms with Crippen LogP contribution < -0.4 is 5.32 Å². The Morgan fingerprint density at radius 2 is 1.85 bits per heavy atom. The summed E-state index contributed by atoms with van der Waals surface area (Å²) >= 11 is 0. The molecule has 2 heterocycles. The van der Waals surface area contributed by atoms with Crippen molar-refractivity contribution in [2.24, 2.45) is 0 Å². The summed E-state index contributed by atoms with van der Waals surface area (Å²) in [4.78, 5) is 28.3. The van der Waals surface area contributed by atoms with E-state index >= 15 is 0 Å². The van der Waals surface area contributed by atoms with Crippen LogP contribution in [0, 0.1) is 5.82 Å². The van der Waals surface area contributed by atoms with Gasteiger partial charge in [0, 0.05) is 44.7 Å². The van der Waals surface area contributed by atoms with Crippen molar-refractivity contribution in [3.8, 4) is 0 Å². The second kappa shape index (κ2) is 8.25. The Morgan fingerprint density at radius 1 is 1.19 bits per heavy atom. The van der Waals surface area contributed by atoms with Crippen molar-refractivity contribution in [2.45, 2.75) is 38.2 Å². The van der Waals surface area contributed by atoms with Gasteiger partial charge in [-0.3, -0.25) is 4.79 Å². The standard InChI is InChI=1S/C20H28FN3O3/c1-20(2,15-6-3-4-7-16(15)21)14-22-19(26)24-11-9-23(10-12-24)18(25)17-8-5-13-27-17/h3-4,6-7,17H,5,8-14H2,1-2H3,(H,22,26). The largest absolute Gasteiger partial charge is 0.368 e. The maximum absolute atomic E-state index is 14.0. The molecular formula is C20H28FN3O3. The highest BCUT2D eigenvalue weighted by Crippen LogP contribution is 2.25. The second-order valence-corrected chi connectivity index (χ2v) is 7.84. The number of amides is 3. The Balaban J connectivity index is 1.48. The Morgan fingerprint density at radius 3 is 2.48 bits per heavy atom. The van der Waals surface area contributed by atoms with Gasteiger partial charge >= 0.3 is 6.03 Å². The first-order valence-corrected chi connectivity index (χ1v) is 9.57. The van der Waals surface area contributed by atoms with Gasteiger partial charge in [-0.15, -0.1) is 0 Å². The van der Waals surface area contributed by atoms with Crippen molar-refractivity contribution in [1.29, 1.82) is 0 Å². The summed E-state index contributed by atoms with van der Waals surface area (Å²) < 4.78 is 19.5. The van der Waals surface area contributed by atoms with Gasteiger partial charge in [-0.05, 0) is 24.5 Å². The first kappa shape index (κ1) is 19.6. The summed E-state index contributed by atoms with van der Waals surface area (Å²) in [6.45, 7) is 6.81. The predicted molar refractivity (Wildman–Crippen MR) is 100.0 cm³/mol. The zero-order valence-corrected chi connectivity index (χ0v) is 16.0. The second-order valence-electron chi connectivity index (χ2n) is 7.84. The van der Waals surface area contributed by atoms with Crippen LogP contribution in [0.5, 0.6) is 0 Å². The minimum Gasteiger partial charge on any atom is -0.368 e. The lowest BCUT2D eigenvalue weighted by molar-refractivity contribution is -0.142. The number of rotatable bonds is 4. The third-order valence-corrected chi connectivity index (χ3v) is 5.37. The molecule has 2 aliphatic rings. The lowest BCUT2D eigenvalue weighted by Gasteiger charge is -2.36. The molecule has 7 heteroatoms. The maximum atomic E-state index is 14.0. The van der Waals surface area contributed by atoms with Crippen molar-refractivity contribution in [2.75, 3.05) is 39.3 Å². The topological polar surface area (TPSA) is 61.9 Å². The molecule has 3 amide bonds. The molecule has 2 fully saturated rings. The first-order chi connectivity index (χ1) is 12.9. The number of piperazine rings is 1. The van der Waals surface area contributed by atoms with Gasteiger partial charge in [-0.2, -0.15) is 0 Å². The molecule has 0 aromatic heterocycles. The number of nitrogens with zero attached hydrogens (tertiary/aromatic N) is 2. The number of halogens is 1. The van der Waals surface area contributed by atoms with Crippen LogP contribution >= 0.6 is 0 Å². The van der Waals surface area contributed by atoms with E-state index in [1.807, 2.05) is 13.8 Å². The number of ether oxygens (including phenoxy) is 1. The minimum absolute atomic E-state index is 0.0354. The van der Waals surface area contributed by atoms with E-state index in [4.69, 9.17) is 4.74 Å². The molecule has 1 aromatic carbocycles. The molecule has 0 radical (unpaired) electrons. The van der Waals surface area contributed by atoms with Gasteiger partial charge in [0.1, 0.15) is 11.9 Å². The predicted octanol–water partition coefficient (Wildman–Crippen LogP) is 2.14. The van der Waals surface area contributed by atoms with Crippen LogP contribution in [-0.2, 0) is 14.9 Å². The van der Waals surface area contributed by atoms with Gasteiger partial charge < -0.3 is 19.9 Å². The van der Waals surface area contributed by atoms with E-state index < -0.39 is 5.41 Å². The van der Waals surface area contributed by atoms with Gasteiger partial charge in [0.25, 0.3) is 5.91 Å². The number of nitrogens with one attached hydrogen (secondary N) is 1. The molecule has 1 atom stereocenters. The van der Waals surface area contributed by atoms with Crippen LogP contribution in [0.1, 0.15) is 32.3 Å². The van der Waals surface area contributed by atoms with Crippen LogP contribution in [0.15, 0.2) is 24.3 Å². The highest BCUT2D eigenvalue weighted by atomic mass is 19.1. The number of hydrogen-bond donors (Lipinski definition) is 1. The highest BCUT2D eigenvalue weighted by Gasteiger charge is 2.32. The van der Waals surface area contributed by atoms with Gasteiger partial charge in [0.05, 0.1) is 0 Å². The molecule has 27 heavy (non-hydrogen) atoms. The normalized spacial score (nSPS) is 20.6. The molecule has 0 spiro atoms. The van der Waals surface area contributed by atoms with Crippen molar-refractivity contribution in [1.82, 2.24) is 15.1 Å². The fraction of sp³-hybridized carbons (Fsp3) is 0.600. The van der Waals surface area contributed by atoms with E-state index in [0.717, 1.165) is 12.8 Å². The van der Waals surface area contributed by atoms with Crippen LogP contribution in [-0.4, -0.2) is 67.2 Å². The quantitative estimate of drug-likeness (QED) is 0.875. The molecule has 1 aromatic rings. The molecule has 6 nitrogen and oxygen atoms in total. The number of urea groups is 1. The average Bonchev–Trinajstić information content (AvgIpc) is 3.21. The Hall–Kier alpha value is -2.15. The summed E-state index contributed by atoms with van der Waals surface area (Å²) in [6, 6.07) is 6.46. The van der Waals surface area contributed by atoms with Crippen molar-refractivity contribution >= 4 is 11.9 Å². The molecule has 0 bridgehead atoms. The van der Waals surface area contributed by atoms with Crippen molar-refractivity contribution in [3.05, 3.63) is 35.6 Å². The number of carbonyl (C=O) groups excluding carboxylic acids is 2. The van der Waals surface area contributed by atoms with Gasteiger partial charge in [-0.1, -0.05) is 32.0 Å². The molecule has 0 saturated carbocycles. The summed E-state index contributed by atoms with van der Waals surface area (Å²) in [5.41, 5.74) is 0.0655. The van der Waals surface area contributed by atoms with Crippen molar-refractivity contribution in [3.63, 3.8) is 0 Å². The molecule has 3 rings (SSSR count). The first-order valence-electron chi connectivity index (χ1n) is 9.57. The summed E-state index contributed by atoms with van der Waals surface area (Å²) in [5, 5.41) is 2.91. The summed E-state index contributed by atoms with van der Waals surface area (Å²) in [6.07, 6.45) is 1.40. The summed E-state index contributed by atoms with van der Waals surface area (Å²) in [7, 11) is 0. The van der Waals surface area contributed by atoms with Gasteiger partial charge in [-0.25, -0.2) is 9.18 Å². The molecule has 148 valence electrons. The SMILES string of the molecule is CC(C)(CNC(=O)N1CCN(C(=O)C2CCCO2)CC1)c1ccccc1F. The van der Waals surface area contributed by atoms with Crippen LogP contribution in [0.4, 0.5) is 9.18 Å².